The fraction of sp³-hybridized carbons (Fsp3) is 1.00. The second kappa shape index (κ2) is 6.32. The topological polar surface area (TPSA) is 50.7 Å². The molecular weight excluding hydrogens is 170 g/mol. The van der Waals surface area contributed by atoms with E-state index in [4.69, 9.17) is 14.6 Å². The van der Waals surface area contributed by atoms with Crippen molar-refractivity contribution < 1.29 is 14.6 Å². The molecule has 4 heteroatoms. The molecule has 1 fully saturated rings. The molecule has 0 aromatic rings. The van der Waals surface area contributed by atoms with Gasteiger partial charge in [0.15, 0.2) is 0 Å². The van der Waals surface area contributed by atoms with Crippen molar-refractivity contribution in [3.05, 3.63) is 0 Å². The molecule has 0 amide bonds. The van der Waals surface area contributed by atoms with Crippen molar-refractivity contribution in [3.63, 3.8) is 0 Å². The molecule has 0 radical (unpaired) electrons. The van der Waals surface area contributed by atoms with Crippen LogP contribution in [0.15, 0.2) is 0 Å². The average molecular weight is 189 g/mol. The molecule has 78 valence electrons. The van der Waals surface area contributed by atoms with Crippen LogP contribution in [0.2, 0.25) is 0 Å². The Bertz CT molecular complexity index is 122. The lowest BCUT2D eigenvalue weighted by molar-refractivity contribution is -0.0411. The number of aliphatic hydroxyl groups excluding tert-OH is 1. The van der Waals surface area contributed by atoms with Crippen LogP contribution in [0.4, 0.5) is 0 Å². The molecule has 2 N–H and O–H groups in total. The quantitative estimate of drug-likeness (QED) is 0.627. The van der Waals surface area contributed by atoms with Crippen molar-refractivity contribution in [1.82, 2.24) is 5.32 Å². The molecule has 1 saturated heterocycles. The fourth-order valence-electron chi connectivity index (χ4n) is 1.32. The predicted octanol–water partition coefficient (Wildman–Crippen LogP) is -0.238. The summed E-state index contributed by atoms with van der Waals surface area (Å²) >= 11 is 0. The molecule has 0 bridgehead atoms. The maximum Gasteiger partial charge on any atom is 0.0645 e. The molecule has 1 unspecified atom stereocenters. The van der Waals surface area contributed by atoms with Gasteiger partial charge in [-0.05, 0) is 19.9 Å². The smallest absolute Gasteiger partial charge is 0.0645 e. The van der Waals surface area contributed by atoms with E-state index < -0.39 is 0 Å². The van der Waals surface area contributed by atoms with Crippen LogP contribution in [0, 0.1) is 0 Å². The van der Waals surface area contributed by atoms with Gasteiger partial charge in [0, 0.05) is 13.2 Å². The summed E-state index contributed by atoms with van der Waals surface area (Å²) in [6, 6.07) is 0.0582. The van der Waals surface area contributed by atoms with E-state index in [2.05, 4.69) is 5.32 Å². The Morgan fingerprint density at radius 3 is 2.77 bits per heavy atom. The number of nitrogens with one attached hydrogen (secondary N) is 1. The Hall–Kier alpha value is -0.160. The van der Waals surface area contributed by atoms with Crippen molar-refractivity contribution in [1.29, 1.82) is 0 Å². The van der Waals surface area contributed by atoms with Gasteiger partial charge in [-0.1, -0.05) is 0 Å². The van der Waals surface area contributed by atoms with Gasteiger partial charge in [-0.3, -0.25) is 0 Å². The van der Waals surface area contributed by atoms with E-state index in [0.29, 0.717) is 12.7 Å². The van der Waals surface area contributed by atoms with Gasteiger partial charge in [0.25, 0.3) is 0 Å². The maximum atomic E-state index is 8.89. The highest BCUT2D eigenvalue weighted by molar-refractivity contribution is 4.66. The second-order valence-electron chi connectivity index (χ2n) is 3.31. The molecular formula is C9H19NO3. The minimum Gasteiger partial charge on any atom is -0.395 e. The molecule has 0 aromatic carbocycles. The van der Waals surface area contributed by atoms with Gasteiger partial charge in [0.05, 0.1) is 25.4 Å². The van der Waals surface area contributed by atoms with Crippen molar-refractivity contribution in [2.75, 3.05) is 33.5 Å². The highest BCUT2D eigenvalue weighted by atomic mass is 16.5. The lowest BCUT2D eigenvalue weighted by Crippen LogP contribution is -2.36. The molecule has 1 rings (SSSR count). The predicted molar refractivity (Wildman–Crippen MR) is 49.7 cm³/mol. The molecule has 1 aliphatic rings. The summed E-state index contributed by atoms with van der Waals surface area (Å²) in [6.45, 7) is 2.30. The summed E-state index contributed by atoms with van der Waals surface area (Å²) in [5, 5.41) is 11.9. The first kappa shape index (κ1) is 10.9. The number of aliphatic hydroxyl groups is 1. The Labute approximate surface area is 79.2 Å². The average Bonchev–Trinajstić information content (AvgIpc) is 2.21. The summed E-state index contributed by atoms with van der Waals surface area (Å²) in [6.07, 6.45) is 2.26. The van der Waals surface area contributed by atoms with Gasteiger partial charge in [-0.2, -0.15) is 0 Å². The van der Waals surface area contributed by atoms with E-state index in [0.717, 1.165) is 26.1 Å². The normalized spacial score (nSPS) is 21.7. The van der Waals surface area contributed by atoms with Gasteiger partial charge in [0.1, 0.15) is 0 Å². The summed E-state index contributed by atoms with van der Waals surface area (Å²) < 4.78 is 10.8. The van der Waals surface area contributed by atoms with Crippen LogP contribution >= 0.6 is 0 Å². The summed E-state index contributed by atoms with van der Waals surface area (Å²) in [4.78, 5) is 0. The van der Waals surface area contributed by atoms with Gasteiger partial charge >= 0.3 is 0 Å². The summed E-state index contributed by atoms with van der Waals surface area (Å²) in [5.74, 6) is 0. The Balaban J connectivity index is 2.09. The van der Waals surface area contributed by atoms with Gasteiger partial charge in [-0.25, -0.2) is 0 Å². The van der Waals surface area contributed by atoms with E-state index in [9.17, 15) is 0 Å². The standard InChI is InChI=1S/C9H19NO3/c1-10-8(6-11)7-13-9-2-4-12-5-3-9/h8-11H,2-7H2,1H3. The molecule has 0 aromatic heterocycles. The zero-order chi connectivity index (χ0) is 9.52. The second-order valence-corrected chi connectivity index (χ2v) is 3.31. The molecule has 1 atom stereocenters. The third kappa shape index (κ3) is 4.04. The van der Waals surface area contributed by atoms with Crippen molar-refractivity contribution in [3.8, 4) is 0 Å². The van der Waals surface area contributed by atoms with Crippen LogP contribution in [0.3, 0.4) is 0 Å². The van der Waals surface area contributed by atoms with Crippen LogP contribution in [-0.4, -0.2) is 50.7 Å². The van der Waals surface area contributed by atoms with Gasteiger partial charge < -0.3 is 19.9 Å². The molecule has 0 spiro atoms. The maximum absolute atomic E-state index is 8.89. The molecule has 0 saturated carbocycles. The van der Waals surface area contributed by atoms with Crippen LogP contribution in [-0.2, 0) is 9.47 Å². The van der Waals surface area contributed by atoms with Crippen LogP contribution in [0.5, 0.6) is 0 Å². The third-order valence-corrected chi connectivity index (χ3v) is 2.33. The molecule has 4 nitrogen and oxygen atoms in total. The number of hydrogen-bond donors (Lipinski definition) is 2. The molecule has 1 aliphatic heterocycles. The third-order valence-electron chi connectivity index (χ3n) is 2.33. The minimum atomic E-state index is 0.0582. The van der Waals surface area contributed by atoms with Crippen molar-refractivity contribution >= 4 is 0 Å². The minimum absolute atomic E-state index is 0.0582. The largest absolute Gasteiger partial charge is 0.395 e. The number of likely N-dealkylation sites (N-methyl/N-ethyl adjacent to an activating group) is 1. The summed E-state index contributed by atoms with van der Waals surface area (Å²) in [7, 11) is 1.83. The lowest BCUT2D eigenvalue weighted by Gasteiger charge is -2.24. The highest BCUT2D eigenvalue weighted by Gasteiger charge is 2.15. The Morgan fingerprint density at radius 1 is 1.54 bits per heavy atom. The molecule has 1 heterocycles. The lowest BCUT2D eigenvalue weighted by atomic mass is 10.1. The van der Waals surface area contributed by atoms with Gasteiger partial charge in [0.2, 0.25) is 0 Å². The van der Waals surface area contributed by atoms with Gasteiger partial charge in [-0.15, -0.1) is 0 Å². The summed E-state index contributed by atoms with van der Waals surface area (Å²) in [5.41, 5.74) is 0. The number of rotatable bonds is 5. The zero-order valence-electron chi connectivity index (χ0n) is 8.16. The van der Waals surface area contributed by atoms with Crippen LogP contribution < -0.4 is 5.32 Å². The van der Waals surface area contributed by atoms with E-state index in [1.165, 1.54) is 0 Å². The monoisotopic (exact) mass is 189 g/mol. The number of ether oxygens (including phenoxy) is 2. The highest BCUT2D eigenvalue weighted by Crippen LogP contribution is 2.10. The van der Waals surface area contributed by atoms with E-state index in [1.54, 1.807) is 0 Å². The SMILES string of the molecule is CNC(CO)COC1CCOCC1. The number of hydrogen-bond acceptors (Lipinski definition) is 4. The van der Waals surface area contributed by atoms with E-state index >= 15 is 0 Å². The first-order valence-corrected chi connectivity index (χ1v) is 4.84. The van der Waals surface area contributed by atoms with E-state index in [1.807, 2.05) is 7.05 Å². The van der Waals surface area contributed by atoms with E-state index in [-0.39, 0.29) is 12.6 Å². The van der Waals surface area contributed by atoms with Crippen molar-refractivity contribution in [2.24, 2.45) is 0 Å². The van der Waals surface area contributed by atoms with Crippen LogP contribution in [0.1, 0.15) is 12.8 Å². The van der Waals surface area contributed by atoms with Crippen LogP contribution in [0.25, 0.3) is 0 Å². The molecule has 0 aliphatic carbocycles. The first-order valence-electron chi connectivity index (χ1n) is 4.84. The Kier molecular flexibility index (Phi) is 5.31. The van der Waals surface area contributed by atoms with Crippen molar-refractivity contribution in [2.45, 2.75) is 25.0 Å². The zero-order valence-corrected chi connectivity index (χ0v) is 8.16. The first-order chi connectivity index (χ1) is 6.36. The Morgan fingerprint density at radius 2 is 2.23 bits per heavy atom. The molecule has 13 heavy (non-hydrogen) atoms. The fourth-order valence-corrected chi connectivity index (χ4v) is 1.32.